The molecule has 0 bridgehead atoms. The number of carbonyl (C=O) groups is 3. The zero-order chi connectivity index (χ0) is 17.9. The fourth-order valence-electron chi connectivity index (χ4n) is 3.18. The fraction of sp³-hybridized carbons (Fsp3) is 0.412. The highest BCUT2D eigenvalue weighted by atomic mass is 16.5. The van der Waals surface area contributed by atoms with Crippen molar-refractivity contribution in [3.8, 4) is 5.75 Å². The monoisotopic (exact) mass is 345 g/mol. The van der Waals surface area contributed by atoms with Crippen molar-refractivity contribution in [1.82, 2.24) is 10.3 Å². The minimum absolute atomic E-state index is 0.313. The number of amides is 3. The highest BCUT2D eigenvalue weighted by molar-refractivity contribution is 6.07. The van der Waals surface area contributed by atoms with Crippen LogP contribution in [0, 0.1) is 0 Å². The highest BCUT2D eigenvalue weighted by Gasteiger charge is 2.51. The van der Waals surface area contributed by atoms with E-state index in [-0.39, 0.29) is 5.91 Å². The molecule has 132 valence electrons. The number of para-hydroxylation sites is 1. The van der Waals surface area contributed by atoms with Gasteiger partial charge in [-0.1, -0.05) is 31.4 Å². The Bertz CT molecular complexity index is 725. The Hall–Kier alpha value is -2.90. The van der Waals surface area contributed by atoms with Crippen LogP contribution in [0.3, 0.4) is 0 Å². The lowest BCUT2D eigenvalue weighted by Crippen LogP contribution is -2.48. The lowest BCUT2D eigenvalue weighted by Gasteiger charge is -2.29. The zero-order valence-electron chi connectivity index (χ0n) is 13.6. The normalized spacial score (nSPS) is 19.4. The van der Waals surface area contributed by atoms with E-state index in [1.807, 2.05) is 0 Å². The number of hydrazone groups is 1. The number of nitrogens with one attached hydrogen (secondary N) is 1. The van der Waals surface area contributed by atoms with Gasteiger partial charge < -0.3 is 15.2 Å². The maximum absolute atomic E-state index is 12.6. The molecule has 8 nitrogen and oxygen atoms in total. The molecule has 1 spiro atoms. The predicted molar refractivity (Wildman–Crippen MR) is 88.4 cm³/mol. The van der Waals surface area contributed by atoms with E-state index in [0.29, 0.717) is 24.2 Å². The Morgan fingerprint density at radius 3 is 2.72 bits per heavy atom. The molecule has 8 heteroatoms. The van der Waals surface area contributed by atoms with E-state index in [9.17, 15) is 14.4 Å². The van der Waals surface area contributed by atoms with Crippen LogP contribution in [0.15, 0.2) is 29.4 Å². The average molecular weight is 345 g/mol. The van der Waals surface area contributed by atoms with Crippen LogP contribution in [0.4, 0.5) is 4.79 Å². The van der Waals surface area contributed by atoms with E-state index < -0.39 is 24.1 Å². The van der Waals surface area contributed by atoms with Crippen LogP contribution in [0.5, 0.6) is 5.75 Å². The van der Waals surface area contributed by atoms with Gasteiger partial charge in [0.2, 0.25) is 0 Å². The van der Waals surface area contributed by atoms with Gasteiger partial charge >= 0.3 is 12.0 Å². The summed E-state index contributed by atoms with van der Waals surface area (Å²) in [6, 6.07) is 6.14. The molecule has 1 saturated carbocycles. The molecular formula is C17H19N3O5. The van der Waals surface area contributed by atoms with Crippen molar-refractivity contribution in [1.29, 1.82) is 0 Å². The molecule has 1 aliphatic heterocycles. The van der Waals surface area contributed by atoms with Gasteiger partial charge in [0.1, 0.15) is 11.3 Å². The van der Waals surface area contributed by atoms with Crippen LogP contribution in [-0.2, 0) is 9.59 Å². The molecule has 1 aliphatic carbocycles. The molecule has 25 heavy (non-hydrogen) atoms. The summed E-state index contributed by atoms with van der Waals surface area (Å²) in [5.41, 5.74) is -0.347. The van der Waals surface area contributed by atoms with E-state index in [2.05, 4.69) is 10.4 Å². The summed E-state index contributed by atoms with van der Waals surface area (Å²) in [7, 11) is 0. The van der Waals surface area contributed by atoms with Gasteiger partial charge in [0.25, 0.3) is 5.91 Å². The number of rotatable bonds is 5. The lowest BCUT2D eigenvalue weighted by molar-refractivity contribution is -0.139. The van der Waals surface area contributed by atoms with E-state index in [4.69, 9.17) is 9.84 Å². The van der Waals surface area contributed by atoms with Gasteiger partial charge in [0.15, 0.2) is 6.61 Å². The molecule has 2 fully saturated rings. The minimum Gasteiger partial charge on any atom is -0.481 e. The first-order valence-corrected chi connectivity index (χ1v) is 8.16. The number of carbonyl (C=O) groups excluding carboxylic acids is 2. The maximum atomic E-state index is 12.6. The van der Waals surface area contributed by atoms with Gasteiger partial charge in [-0.2, -0.15) is 5.10 Å². The summed E-state index contributed by atoms with van der Waals surface area (Å²) in [6.07, 6.45) is 5.44. The number of urea groups is 1. The van der Waals surface area contributed by atoms with Gasteiger partial charge in [-0.3, -0.25) is 4.79 Å². The number of hydrogen-bond acceptors (Lipinski definition) is 5. The Morgan fingerprint density at radius 1 is 1.28 bits per heavy atom. The number of carboxylic acid groups (broad SMARTS) is 1. The van der Waals surface area contributed by atoms with E-state index in [1.54, 1.807) is 24.3 Å². The SMILES string of the molecule is O=C(O)COc1ccccc1/C=N\N1C(=O)NC2(CCCCC2)C1=O. The first kappa shape index (κ1) is 16.9. The molecule has 0 aromatic heterocycles. The first-order chi connectivity index (χ1) is 12.0. The van der Waals surface area contributed by atoms with Crippen LogP contribution < -0.4 is 10.1 Å². The molecule has 0 radical (unpaired) electrons. The van der Waals surface area contributed by atoms with Crippen LogP contribution in [0.25, 0.3) is 0 Å². The van der Waals surface area contributed by atoms with Crippen molar-refractivity contribution in [3.63, 3.8) is 0 Å². The number of nitrogens with zero attached hydrogens (tertiary/aromatic N) is 2. The minimum atomic E-state index is -1.10. The third-order valence-corrected chi connectivity index (χ3v) is 4.43. The third kappa shape index (κ3) is 3.47. The lowest BCUT2D eigenvalue weighted by atomic mass is 9.82. The second kappa shape index (κ2) is 6.92. The Balaban J connectivity index is 1.77. The average Bonchev–Trinajstić information content (AvgIpc) is 2.82. The standard InChI is InChI=1S/C17H19N3O5/c21-14(22)11-25-13-7-3-2-6-12(13)10-18-20-15(23)17(19-16(20)24)8-4-1-5-9-17/h2-3,6-7,10H,1,4-5,8-9,11H2,(H,19,24)(H,21,22)/b18-10-. The van der Waals surface area contributed by atoms with Crippen LogP contribution in [-0.4, -0.2) is 46.4 Å². The molecule has 1 saturated heterocycles. The Kier molecular flexibility index (Phi) is 4.69. The first-order valence-electron chi connectivity index (χ1n) is 8.16. The van der Waals surface area contributed by atoms with E-state index >= 15 is 0 Å². The van der Waals surface area contributed by atoms with E-state index in [1.165, 1.54) is 6.21 Å². The van der Waals surface area contributed by atoms with Gasteiger partial charge in [0.05, 0.1) is 6.21 Å². The quantitative estimate of drug-likeness (QED) is 0.624. The van der Waals surface area contributed by atoms with Crippen molar-refractivity contribution in [2.24, 2.45) is 5.10 Å². The number of aliphatic carboxylic acids is 1. The highest BCUT2D eigenvalue weighted by Crippen LogP contribution is 2.33. The van der Waals surface area contributed by atoms with Crippen molar-refractivity contribution in [3.05, 3.63) is 29.8 Å². The number of carboxylic acids is 1. The number of ether oxygens (including phenoxy) is 1. The van der Waals surface area contributed by atoms with Crippen molar-refractivity contribution in [2.75, 3.05) is 6.61 Å². The molecule has 2 aliphatic rings. The summed E-state index contributed by atoms with van der Waals surface area (Å²) in [5, 5.41) is 16.3. The van der Waals surface area contributed by atoms with Gasteiger partial charge in [-0.25, -0.2) is 9.59 Å². The molecule has 1 aromatic rings. The summed E-state index contributed by atoms with van der Waals surface area (Å²) in [5.74, 6) is -1.12. The molecule has 1 aromatic carbocycles. The van der Waals surface area contributed by atoms with Gasteiger partial charge in [0, 0.05) is 5.56 Å². The van der Waals surface area contributed by atoms with Gasteiger partial charge in [-0.15, -0.1) is 5.01 Å². The molecule has 1 heterocycles. The van der Waals surface area contributed by atoms with Crippen LogP contribution >= 0.6 is 0 Å². The number of benzene rings is 1. The van der Waals surface area contributed by atoms with Crippen LogP contribution in [0.2, 0.25) is 0 Å². The summed E-state index contributed by atoms with van der Waals surface area (Å²) in [4.78, 5) is 35.4. The largest absolute Gasteiger partial charge is 0.481 e. The Morgan fingerprint density at radius 2 is 2.00 bits per heavy atom. The predicted octanol–water partition coefficient (Wildman–Crippen LogP) is 1.74. The smallest absolute Gasteiger partial charge is 0.346 e. The second-order valence-electron chi connectivity index (χ2n) is 6.15. The van der Waals surface area contributed by atoms with Gasteiger partial charge in [-0.05, 0) is 25.0 Å². The molecule has 0 unspecified atom stereocenters. The molecular weight excluding hydrogens is 326 g/mol. The molecule has 0 atom stereocenters. The fourth-order valence-corrected chi connectivity index (χ4v) is 3.18. The van der Waals surface area contributed by atoms with Crippen molar-refractivity contribution in [2.45, 2.75) is 37.6 Å². The molecule has 2 N–H and O–H groups in total. The number of imide groups is 1. The second-order valence-corrected chi connectivity index (χ2v) is 6.15. The molecule has 3 rings (SSSR count). The summed E-state index contributed by atoms with van der Waals surface area (Å²) >= 11 is 0. The Labute approximate surface area is 144 Å². The topological polar surface area (TPSA) is 108 Å². The molecule has 3 amide bonds. The summed E-state index contributed by atoms with van der Waals surface area (Å²) in [6.45, 7) is -0.489. The van der Waals surface area contributed by atoms with E-state index in [0.717, 1.165) is 24.3 Å². The third-order valence-electron chi connectivity index (χ3n) is 4.43. The van der Waals surface area contributed by atoms with Crippen molar-refractivity contribution < 1.29 is 24.2 Å². The zero-order valence-corrected chi connectivity index (χ0v) is 13.6. The number of hydrogen-bond donors (Lipinski definition) is 2. The van der Waals surface area contributed by atoms with Crippen molar-refractivity contribution >= 4 is 24.1 Å². The summed E-state index contributed by atoms with van der Waals surface area (Å²) < 4.78 is 5.18. The maximum Gasteiger partial charge on any atom is 0.346 e. The van der Waals surface area contributed by atoms with Crippen LogP contribution in [0.1, 0.15) is 37.7 Å².